The minimum atomic E-state index is -1.51. The Labute approximate surface area is 111 Å². The van der Waals surface area contributed by atoms with Gasteiger partial charge < -0.3 is 15.5 Å². The van der Waals surface area contributed by atoms with E-state index in [-0.39, 0.29) is 5.56 Å². The number of carbonyl (C=O) groups excluding carboxylic acids is 1. The summed E-state index contributed by atoms with van der Waals surface area (Å²) in [5.41, 5.74) is 0.513. The number of amides is 1. The molecule has 2 heterocycles. The van der Waals surface area contributed by atoms with E-state index in [1.165, 1.54) is 29.3 Å². The molecule has 9 nitrogen and oxygen atoms in total. The van der Waals surface area contributed by atoms with Gasteiger partial charge >= 0.3 is 11.9 Å². The fraction of sp³-hybridized carbons (Fsp3) is 0.182. The molecule has 2 aromatic heterocycles. The van der Waals surface area contributed by atoms with Gasteiger partial charge in [0.25, 0.3) is 5.91 Å². The van der Waals surface area contributed by atoms with Gasteiger partial charge in [0.1, 0.15) is 6.04 Å². The summed E-state index contributed by atoms with van der Waals surface area (Å²) in [6.45, 7) is 0. The molecule has 0 aliphatic heterocycles. The third kappa shape index (κ3) is 2.71. The number of nitrogens with one attached hydrogen (secondary N) is 1. The number of aliphatic carboxylic acids is 2. The summed E-state index contributed by atoms with van der Waals surface area (Å²) < 4.78 is 1.40. The van der Waals surface area contributed by atoms with E-state index in [1.54, 1.807) is 0 Å². The molecule has 2 aromatic rings. The molecule has 0 fully saturated rings. The highest BCUT2D eigenvalue weighted by Crippen LogP contribution is 2.09. The minimum Gasteiger partial charge on any atom is -0.481 e. The van der Waals surface area contributed by atoms with Crippen LogP contribution < -0.4 is 5.32 Å². The highest BCUT2D eigenvalue weighted by molar-refractivity contribution is 6.02. The Morgan fingerprint density at radius 1 is 1.30 bits per heavy atom. The molecule has 0 aliphatic rings. The second kappa shape index (κ2) is 5.34. The number of rotatable bonds is 5. The van der Waals surface area contributed by atoms with Crippen LogP contribution in [0.5, 0.6) is 0 Å². The van der Waals surface area contributed by atoms with Crippen molar-refractivity contribution in [3.63, 3.8) is 0 Å². The summed E-state index contributed by atoms with van der Waals surface area (Å²) >= 11 is 0. The first-order chi connectivity index (χ1) is 9.49. The number of carbonyl (C=O) groups is 3. The average Bonchev–Trinajstić information content (AvgIpc) is 2.81. The van der Waals surface area contributed by atoms with E-state index < -0.39 is 30.3 Å². The lowest BCUT2D eigenvalue weighted by Gasteiger charge is -2.11. The molecular weight excluding hydrogens is 268 g/mol. The lowest BCUT2D eigenvalue weighted by molar-refractivity contribution is -0.145. The second-order valence-corrected chi connectivity index (χ2v) is 3.93. The number of carboxylic acid groups (broad SMARTS) is 2. The van der Waals surface area contributed by atoms with E-state index in [0.29, 0.717) is 5.52 Å². The Bertz CT molecular complexity index is 680. The van der Waals surface area contributed by atoms with Gasteiger partial charge in [-0.1, -0.05) is 0 Å². The van der Waals surface area contributed by atoms with Crippen molar-refractivity contribution in [1.29, 1.82) is 0 Å². The molecule has 1 atom stereocenters. The number of nitrogens with zero attached hydrogens (tertiary/aromatic N) is 3. The number of hydrogen-bond acceptors (Lipinski definition) is 5. The molecule has 0 saturated heterocycles. The largest absolute Gasteiger partial charge is 0.481 e. The highest BCUT2D eigenvalue weighted by atomic mass is 16.4. The summed E-state index contributed by atoms with van der Waals surface area (Å²) in [6, 6.07) is -1.51. The van der Waals surface area contributed by atoms with Gasteiger partial charge in [-0.05, 0) is 0 Å². The maximum atomic E-state index is 12.0. The fourth-order valence-electron chi connectivity index (χ4n) is 1.62. The van der Waals surface area contributed by atoms with Crippen LogP contribution in [0.3, 0.4) is 0 Å². The van der Waals surface area contributed by atoms with E-state index >= 15 is 0 Å². The molecule has 0 aliphatic carbocycles. The number of hydrogen-bond donors (Lipinski definition) is 3. The Morgan fingerprint density at radius 2 is 2.05 bits per heavy atom. The summed E-state index contributed by atoms with van der Waals surface area (Å²) in [4.78, 5) is 37.3. The van der Waals surface area contributed by atoms with Crippen LogP contribution in [0.1, 0.15) is 16.8 Å². The highest BCUT2D eigenvalue weighted by Gasteiger charge is 2.24. The zero-order valence-corrected chi connectivity index (χ0v) is 10.1. The topological polar surface area (TPSA) is 134 Å². The van der Waals surface area contributed by atoms with Gasteiger partial charge in [0.05, 0.1) is 29.9 Å². The number of carboxylic acids is 2. The lowest BCUT2D eigenvalue weighted by Crippen LogP contribution is -2.42. The molecule has 0 bridgehead atoms. The predicted molar refractivity (Wildman–Crippen MR) is 64.1 cm³/mol. The second-order valence-electron chi connectivity index (χ2n) is 3.93. The molecule has 20 heavy (non-hydrogen) atoms. The van der Waals surface area contributed by atoms with Crippen LogP contribution in [0.4, 0.5) is 0 Å². The lowest BCUT2D eigenvalue weighted by atomic mass is 10.2. The summed E-state index contributed by atoms with van der Waals surface area (Å²) in [6.07, 6.45) is 4.95. The van der Waals surface area contributed by atoms with Gasteiger partial charge in [-0.2, -0.15) is 5.10 Å². The van der Waals surface area contributed by atoms with Crippen molar-refractivity contribution in [3.05, 3.63) is 30.4 Å². The molecule has 0 unspecified atom stereocenters. The third-order valence-electron chi connectivity index (χ3n) is 2.55. The van der Waals surface area contributed by atoms with E-state index in [4.69, 9.17) is 10.2 Å². The van der Waals surface area contributed by atoms with Crippen LogP contribution in [0.25, 0.3) is 5.52 Å². The molecule has 9 heteroatoms. The molecule has 104 valence electrons. The van der Waals surface area contributed by atoms with Crippen molar-refractivity contribution in [3.8, 4) is 0 Å². The summed E-state index contributed by atoms with van der Waals surface area (Å²) in [7, 11) is 0. The average molecular weight is 278 g/mol. The van der Waals surface area contributed by atoms with Crippen LogP contribution in [-0.4, -0.2) is 48.7 Å². The first-order valence-corrected chi connectivity index (χ1v) is 5.52. The predicted octanol–water partition coefficient (Wildman–Crippen LogP) is -0.613. The van der Waals surface area contributed by atoms with Gasteiger partial charge in [0.15, 0.2) is 0 Å². The van der Waals surface area contributed by atoms with Crippen molar-refractivity contribution in [2.45, 2.75) is 12.5 Å². The summed E-state index contributed by atoms with van der Waals surface area (Å²) in [5, 5.41) is 23.5. The van der Waals surface area contributed by atoms with Gasteiger partial charge in [-0.15, -0.1) is 0 Å². The van der Waals surface area contributed by atoms with Gasteiger partial charge in [0.2, 0.25) is 0 Å². The van der Waals surface area contributed by atoms with Crippen molar-refractivity contribution < 1.29 is 24.6 Å². The van der Waals surface area contributed by atoms with Gasteiger partial charge in [-0.25, -0.2) is 9.31 Å². The smallest absolute Gasteiger partial charge is 0.326 e. The molecule has 1 amide bonds. The summed E-state index contributed by atoms with van der Waals surface area (Å²) in [5.74, 6) is -3.46. The van der Waals surface area contributed by atoms with E-state index in [1.807, 2.05) is 0 Å². The van der Waals surface area contributed by atoms with Crippen molar-refractivity contribution >= 4 is 23.4 Å². The first-order valence-electron chi connectivity index (χ1n) is 5.52. The molecule has 3 N–H and O–H groups in total. The van der Waals surface area contributed by atoms with Crippen molar-refractivity contribution in [2.24, 2.45) is 0 Å². The SMILES string of the molecule is O=C(O)C[C@@H](NC(=O)c1cnn2ccncc12)C(=O)O. The normalized spacial score (nSPS) is 12.0. The van der Waals surface area contributed by atoms with Gasteiger partial charge in [0, 0.05) is 12.4 Å². The Morgan fingerprint density at radius 3 is 2.70 bits per heavy atom. The Hall–Kier alpha value is -2.97. The number of aromatic nitrogens is 3. The van der Waals surface area contributed by atoms with Crippen LogP contribution >= 0.6 is 0 Å². The van der Waals surface area contributed by atoms with Crippen LogP contribution in [0.15, 0.2) is 24.8 Å². The maximum Gasteiger partial charge on any atom is 0.326 e. The van der Waals surface area contributed by atoms with E-state index in [2.05, 4.69) is 15.4 Å². The number of fused-ring (bicyclic) bond motifs is 1. The maximum absolute atomic E-state index is 12.0. The standard InChI is InChI=1S/C11H10N4O5/c16-9(17)3-7(11(19)20)14-10(18)6-4-13-15-2-1-12-5-8(6)15/h1-2,4-5,7H,3H2,(H,14,18)(H,16,17)(H,19,20)/t7-/m1/s1. The van der Waals surface area contributed by atoms with Gasteiger partial charge in [-0.3, -0.25) is 14.6 Å². The molecular formula is C11H10N4O5. The first kappa shape index (κ1) is 13.5. The van der Waals surface area contributed by atoms with Crippen LogP contribution in [-0.2, 0) is 9.59 Å². The molecule has 0 saturated carbocycles. The Kier molecular flexibility index (Phi) is 3.60. The Balaban J connectivity index is 2.22. The molecule has 0 aromatic carbocycles. The monoisotopic (exact) mass is 278 g/mol. The third-order valence-corrected chi connectivity index (χ3v) is 2.55. The molecule has 0 radical (unpaired) electrons. The van der Waals surface area contributed by atoms with E-state index in [9.17, 15) is 14.4 Å². The fourth-order valence-corrected chi connectivity index (χ4v) is 1.62. The van der Waals surface area contributed by atoms with E-state index in [0.717, 1.165) is 0 Å². The zero-order valence-electron chi connectivity index (χ0n) is 10.1. The van der Waals surface area contributed by atoms with Crippen LogP contribution in [0.2, 0.25) is 0 Å². The van der Waals surface area contributed by atoms with Crippen LogP contribution in [0, 0.1) is 0 Å². The zero-order chi connectivity index (χ0) is 14.7. The molecule has 0 spiro atoms. The minimum absolute atomic E-state index is 0.120. The quantitative estimate of drug-likeness (QED) is 0.663. The van der Waals surface area contributed by atoms with Crippen molar-refractivity contribution in [1.82, 2.24) is 19.9 Å². The molecule has 2 rings (SSSR count). The van der Waals surface area contributed by atoms with Crippen molar-refractivity contribution in [2.75, 3.05) is 0 Å².